The maximum atomic E-state index is 9.00. The molecule has 3 nitrogen and oxygen atoms in total. The minimum Gasteiger partial charge on any atom is -0.411 e. The lowest BCUT2D eigenvalue weighted by Crippen LogP contribution is -2.27. The predicted molar refractivity (Wildman–Crippen MR) is 60.4 cm³/mol. The molecule has 0 aromatic heterocycles. The van der Waals surface area contributed by atoms with Gasteiger partial charge in [-0.1, -0.05) is 35.5 Å². The van der Waals surface area contributed by atoms with Crippen LogP contribution in [0.1, 0.15) is 18.4 Å². The number of likely N-dealkylation sites (tertiary alicyclic amines) is 1. The third-order valence-electron chi connectivity index (χ3n) is 2.80. The summed E-state index contributed by atoms with van der Waals surface area (Å²) < 4.78 is 0. The van der Waals surface area contributed by atoms with Crippen molar-refractivity contribution in [3.63, 3.8) is 0 Å². The Morgan fingerprint density at radius 1 is 1.20 bits per heavy atom. The van der Waals surface area contributed by atoms with E-state index in [0.717, 1.165) is 30.9 Å². The van der Waals surface area contributed by atoms with Gasteiger partial charge in [0.2, 0.25) is 0 Å². The van der Waals surface area contributed by atoms with Crippen molar-refractivity contribution in [3.05, 3.63) is 35.9 Å². The predicted octanol–water partition coefficient (Wildman–Crippen LogP) is 1.96. The van der Waals surface area contributed by atoms with Crippen LogP contribution in [0.15, 0.2) is 35.5 Å². The van der Waals surface area contributed by atoms with Gasteiger partial charge in [0.05, 0.1) is 0 Å². The summed E-state index contributed by atoms with van der Waals surface area (Å²) in [6, 6.07) is 9.85. The quantitative estimate of drug-likeness (QED) is 0.464. The molecule has 0 atom stereocenters. The SMILES string of the molecule is O/N=C(/CN1CCCC1)c1ccccc1. The monoisotopic (exact) mass is 204 g/mol. The molecule has 2 rings (SSSR count). The van der Waals surface area contributed by atoms with Crippen LogP contribution >= 0.6 is 0 Å². The van der Waals surface area contributed by atoms with E-state index in [9.17, 15) is 0 Å². The van der Waals surface area contributed by atoms with Crippen LogP contribution in [0, 0.1) is 0 Å². The Bertz CT molecular complexity index is 329. The second-order valence-electron chi connectivity index (χ2n) is 3.90. The van der Waals surface area contributed by atoms with Crippen LogP contribution in [0.5, 0.6) is 0 Å². The van der Waals surface area contributed by atoms with Gasteiger partial charge in [-0.15, -0.1) is 0 Å². The molecule has 1 aliphatic rings. The highest BCUT2D eigenvalue weighted by atomic mass is 16.4. The fourth-order valence-corrected chi connectivity index (χ4v) is 1.96. The third kappa shape index (κ3) is 2.57. The Morgan fingerprint density at radius 2 is 1.87 bits per heavy atom. The van der Waals surface area contributed by atoms with E-state index in [1.807, 2.05) is 30.3 Å². The zero-order valence-corrected chi connectivity index (χ0v) is 8.76. The molecule has 80 valence electrons. The van der Waals surface area contributed by atoms with Gasteiger partial charge in [0, 0.05) is 12.1 Å². The fraction of sp³-hybridized carbons (Fsp3) is 0.417. The second-order valence-corrected chi connectivity index (χ2v) is 3.90. The third-order valence-corrected chi connectivity index (χ3v) is 2.80. The molecule has 1 aliphatic heterocycles. The van der Waals surface area contributed by atoms with Crippen LogP contribution in [0.3, 0.4) is 0 Å². The first-order chi connectivity index (χ1) is 7.40. The zero-order valence-electron chi connectivity index (χ0n) is 8.76. The van der Waals surface area contributed by atoms with E-state index in [4.69, 9.17) is 5.21 Å². The van der Waals surface area contributed by atoms with Crippen LogP contribution in [0.2, 0.25) is 0 Å². The van der Waals surface area contributed by atoms with Gasteiger partial charge < -0.3 is 5.21 Å². The molecule has 0 radical (unpaired) electrons. The van der Waals surface area contributed by atoms with E-state index < -0.39 is 0 Å². The lowest BCUT2D eigenvalue weighted by molar-refractivity contribution is 0.311. The number of nitrogens with zero attached hydrogens (tertiary/aromatic N) is 2. The first kappa shape index (κ1) is 10.2. The number of rotatable bonds is 3. The van der Waals surface area contributed by atoms with Crippen molar-refractivity contribution in [2.45, 2.75) is 12.8 Å². The van der Waals surface area contributed by atoms with E-state index in [1.54, 1.807) is 0 Å². The maximum absolute atomic E-state index is 9.00. The average Bonchev–Trinajstić information content (AvgIpc) is 2.80. The van der Waals surface area contributed by atoms with E-state index in [1.165, 1.54) is 12.8 Å². The van der Waals surface area contributed by atoms with Crippen molar-refractivity contribution < 1.29 is 5.21 Å². The van der Waals surface area contributed by atoms with E-state index >= 15 is 0 Å². The summed E-state index contributed by atoms with van der Waals surface area (Å²) in [7, 11) is 0. The molecular weight excluding hydrogens is 188 g/mol. The number of hydrogen-bond donors (Lipinski definition) is 1. The van der Waals surface area contributed by atoms with Crippen LogP contribution in [0.25, 0.3) is 0 Å². The molecule has 0 unspecified atom stereocenters. The van der Waals surface area contributed by atoms with Crippen molar-refractivity contribution >= 4 is 5.71 Å². The van der Waals surface area contributed by atoms with Gasteiger partial charge in [-0.2, -0.15) is 0 Å². The van der Waals surface area contributed by atoms with Gasteiger partial charge in [0.15, 0.2) is 0 Å². The number of hydrogen-bond acceptors (Lipinski definition) is 3. The smallest absolute Gasteiger partial charge is 0.101 e. The van der Waals surface area contributed by atoms with Gasteiger partial charge in [0.25, 0.3) is 0 Å². The van der Waals surface area contributed by atoms with Crippen molar-refractivity contribution in [1.29, 1.82) is 0 Å². The number of benzene rings is 1. The summed E-state index contributed by atoms with van der Waals surface area (Å²) in [6.45, 7) is 2.98. The summed E-state index contributed by atoms with van der Waals surface area (Å²) in [6.07, 6.45) is 2.51. The van der Waals surface area contributed by atoms with Crippen LogP contribution in [-0.4, -0.2) is 35.5 Å². The molecular formula is C12H16N2O. The first-order valence-electron chi connectivity index (χ1n) is 5.39. The van der Waals surface area contributed by atoms with Crippen molar-refractivity contribution in [3.8, 4) is 0 Å². The van der Waals surface area contributed by atoms with Gasteiger partial charge in [-0.25, -0.2) is 0 Å². The Hall–Kier alpha value is -1.35. The van der Waals surface area contributed by atoms with Gasteiger partial charge in [-0.05, 0) is 25.9 Å². The Morgan fingerprint density at radius 3 is 2.47 bits per heavy atom. The van der Waals surface area contributed by atoms with Gasteiger partial charge in [0.1, 0.15) is 5.71 Å². The highest BCUT2D eigenvalue weighted by Gasteiger charge is 2.15. The topological polar surface area (TPSA) is 35.8 Å². The molecule has 1 N–H and O–H groups in total. The summed E-state index contributed by atoms with van der Waals surface area (Å²) in [4.78, 5) is 2.32. The second kappa shape index (κ2) is 4.94. The molecule has 1 aromatic carbocycles. The van der Waals surface area contributed by atoms with Crippen LogP contribution < -0.4 is 0 Å². The summed E-state index contributed by atoms with van der Waals surface area (Å²) in [5, 5.41) is 12.4. The van der Waals surface area contributed by atoms with Gasteiger partial charge >= 0.3 is 0 Å². The molecule has 1 heterocycles. The minimum absolute atomic E-state index is 0.751. The highest BCUT2D eigenvalue weighted by Crippen LogP contribution is 2.09. The lowest BCUT2D eigenvalue weighted by atomic mass is 10.1. The van der Waals surface area contributed by atoms with Gasteiger partial charge in [-0.3, -0.25) is 4.90 Å². The standard InChI is InChI=1S/C12H16N2O/c15-13-12(10-14-8-4-5-9-14)11-6-2-1-3-7-11/h1-3,6-7,15H,4-5,8-10H2/b13-12-. The molecule has 1 aromatic rings. The molecule has 0 spiro atoms. The summed E-state index contributed by atoms with van der Waals surface area (Å²) >= 11 is 0. The normalized spacial score (nSPS) is 18.3. The Labute approximate surface area is 90.0 Å². The minimum atomic E-state index is 0.751. The van der Waals surface area contributed by atoms with E-state index in [2.05, 4.69) is 10.1 Å². The first-order valence-corrected chi connectivity index (χ1v) is 5.39. The summed E-state index contributed by atoms with van der Waals surface area (Å²) in [5.41, 5.74) is 1.77. The highest BCUT2D eigenvalue weighted by molar-refractivity contribution is 6.01. The average molecular weight is 204 g/mol. The number of oxime groups is 1. The Kier molecular flexibility index (Phi) is 3.35. The van der Waals surface area contributed by atoms with E-state index in [-0.39, 0.29) is 0 Å². The zero-order chi connectivity index (χ0) is 10.5. The largest absolute Gasteiger partial charge is 0.411 e. The fourth-order valence-electron chi connectivity index (χ4n) is 1.96. The summed E-state index contributed by atoms with van der Waals surface area (Å²) in [5.74, 6) is 0. The molecule has 3 heteroatoms. The molecule has 0 bridgehead atoms. The van der Waals surface area contributed by atoms with Crippen LogP contribution in [-0.2, 0) is 0 Å². The lowest BCUT2D eigenvalue weighted by Gasteiger charge is -2.15. The Balaban J connectivity index is 2.05. The maximum Gasteiger partial charge on any atom is 0.101 e. The van der Waals surface area contributed by atoms with Crippen molar-refractivity contribution in [1.82, 2.24) is 4.90 Å². The van der Waals surface area contributed by atoms with Crippen molar-refractivity contribution in [2.75, 3.05) is 19.6 Å². The van der Waals surface area contributed by atoms with Crippen LogP contribution in [0.4, 0.5) is 0 Å². The molecule has 0 amide bonds. The molecule has 1 saturated heterocycles. The van der Waals surface area contributed by atoms with Crippen molar-refractivity contribution in [2.24, 2.45) is 5.16 Å². The molecule has 0 saturated carbocycles. The molecule has 0 aliphatic carbocycles. The van der Waals surface area contributed by atoms with E-state index in [0.29, 0.717) is 0 Å². The molecule has 1 fully saturated rings. The molecule has 15 heavy (non-hydrogen) atoms.